The van der Waals surface area contributed by atoms with E-state index in [1.807, 2.05) is 42.5 Å². The van der Waals surface area contributed by atoms with E-state index in [9.17, 15) is 4.39 Å². The molecule has 0 amide bonds. The lowest BCUT2D eigenvalue weighted by molar-refractivity contribution is 0.123. The Morgan fingerprint density at radius 1 is 1.03 bits per heavy atom. The van der Waals surface area contributed by atoms with Crippen molar-refractivity contribution >= 4 is 11.4 Å². The predicted molar refractivity (Wildman–Crippen MR) is 112 cm³/mol. The van der Waals surface area contributed by atoms with Crippen molar-refractivity contribution < 1.29 is 13.9 Å². The highest BCUT2D eigenvalue weighted by Crippen LogP contribution is 2.28. The lowest BCUT2D eigenvalue weighted by Crippen LogP contribution is -2.36. The number of morpholine rings is 1. The van der Waals surface area contributed by atoms with Crippen LogP contribution in [0.5, 0.6) is 5.75 Å². The molecule has 0 bridgehead atoms. The number of ether oxygens (including phenoxy) is 2. The fraction of sp³-hybridized carbons (Fsp3) is 0.261. The number of hydrogen-bond acceptors (Lipinski definition) is 5. The normalized spacial score (nSPS) is 13.9. The third-order valence-corrected chi connectivity index (χ3v) is 4.82. The third-order valence-electron chi connectivity index (χ3n) is 4.82. The number of rotatable bonds is 7. The molecule has 4 rings (SSSR count). The summed E-state index contributed by atoms with van der Waals surface area (Å²) in [5, 5.41) is 3.38. The molecular weight excluding hydrogens is 369 g/mol. The molecule has 3 aromatic rings. The van der Waals surface area contributed by atoms with E-state index in [0.717, 1.165) is 41.3 Å². The van der Waals surface area contributed by atoms with Crippen molar-refractivity contribution in [1.82, 2.24) is 4.98 Å². The number of benzene rings is 2. The molecule has 1 aromatic heterocycles. The Hall–Kier alpha value is -3.12. The number of aromatic nitrogens is 1. The van der Waals surface area contributed by atoms with Gasteiger partial charge in [0.15, 0.2) is 0 Å². The fourth-order valence-electron chi connectivity index (χ4n) is 3.32. The van der Waals surface area contributed by atoms with Crippen LogP contribution in [-0.2, 0) is 17.9 Å². The van der Waals surface area contributed by atoms with Crippen molar-refractivity contribution in [3.05, 3.63) is 83.9 Å². The molecule has 0 atom stereocenters. The van der Waals surface area contributed by atoms with Crippen molar-refractivity contribution in [3.63, 3.8) is 0 Å². The van der Waals surface area contributed by atoms with Gasteiger partial charge in [0.1, 0.15) is 18.2 Å². The molecule has 0 spiro atoms. The Balaban J connectivity index is 1.42. The van der Waals surface area contributed by atoms with Gasteiger partial charge in [-0.1, -0.05) is 18.2 Å². The van der Waals surface area contributed by atoms with E-state index in [2.05, 4.69) is 15.2 Å². The maximum absolute atomic E-state index is 13.9. The van der Waals surface area contributed by atoms with Crippen LogP contribution < -0.4 is 15.0 Å². The SMILES string of the molecule is Fc1ccc(N2CCOCC2)c(NCc2cccc(OCc3cccnc3)c2)c1. The molecule has 5 nitrogen and oxygen atoms in total. The van der Waals surface area contributed by atoms with Crippen molar-refractivity contribution in [2.24, 2.45) is 0 Å². The Kier molecular flexibility index (Phi) is 6.22. The van der Waals surface area contributed by atoms with Gasteiger partial charge in [0.2, 0.25) is 0 Å². The van der Waals surface area contributed by atoms with Crippen LogP contribution >= 0.6 is 0 Å². The topological polar surface area (TPSA) is 46.6 Å². The van der Waals surface area contributed by atoms with Crippen LogP contribution in [-0.4, -0.2) is 31.3 Å². The number of pyridine rings is 1. The first-order valence-electron chi connectivity index (χ1n) is 9.75. The number of anilines is 2. The van der Waals surface area contributed by atoms with Crippen LogP contribution in [0.25, 0.3) is 0 Å². The van der Waals surface area contributed by atoms with E-state index >= 15 is 0 Å². The molecule has 150 valence electrons. The zero-order chi connectivity index (χ0) is 19.9. The van der Waals surface area contributed by atoms with E-state index in [1.165, 1.54) is 6.07 Å². The van der Waals surface area contributed by atoms with Gasteiger partial charge < -0.3 is 19.7 Å². The summed E-state index contributed by atoms with van der Waals surface area (Å²) in [7, 11) is 0. The standard InChI is InChI=1S/C23H24FN3O2/c24-20-6-7-23(27-9-11-28-12-10-27)22(14-20)26-16-18-3-1-5-21(13-18)29-17-19-4-2-8-25-15-19/h1-8,13-15,26H,9-12,16-17H2. The van der Waals surface area contributed by atoms with E-state index < -0.39 is 0 Å². The molecule has 2 heterocycles. The highest BCUT2D eigenvalue weighted by Gasteiger charge is 2.15. The highest BCUT2D eigenvalue weighted by molar-refractivity contribution is 5.70. The summed E-state index contributed by atoms with van der Waals surface area (Å²) in [4.78, 5) is 6.32. The molecule has 1 aliphatic rings. The average Bonchev–Trinajstić information content (AvgIpc) is 2.78. The molecule has 29 heavy (non-hydrogen) atoms. The summed E-state index contributed by atoms with van der Waals surface area (Å²) in [6, 6.07) is 16.7. The predicted octanol–water partition coefficient (Wildman–Crippen LogP) is 4.25. The fourth-order valence-corrected chi connectivity index (χ4v) is 3.32. The van der Waals surface area contributed by atoms with Gasteiger partial charge in [0, 0.05) is 37.6 Å². The minimum Gasteiger partial charge on any atom is -0.489 e. The molecule has 0 radical (unpaired) electrons. The number of hydrogen-bond donors (Lipinski definition) is 1. The second-order valence-electron chi connectivity index (χ2n) is 6.91. The van der Waals surface area contributed by atoms with Crippen LogP contribution in [0.1, 0.15) is 11.1 Å². The number of nitrogens with zero attached hydrogens (tertiary/aromatic N) is 2. The van der Waals surface area contributed by atoms with Gasteiger partial charge in [-0.3, -0.25) is 4.98 Å². The summed E-state index contributed by atoms with van der Waals surface area (Å²) in [6.45, 7) is 4.02. The minimum absolute atomic E-state index is 0.252. The number of halogens is 1. The molecule has 1 saturated heterocycles. The lowest BCUT2D eigenvalue weighted by atomic mass is 10.2. The Labute approximate surface area is 170 Å². The summed E-state index contributed by atoms with van der Waals surface area (Å²) < 4.78 is 25.2. The zero-order valence-electron chi connectivity index (χ0n) is 16.2. The van der Waals surface area contributed by atoms with Gasteiger partial charge >= 0.3 is 0 Å². The van der Waals surface area contributed by atoms with Crippen LogP contribution in [0.15, 0.2) is 67.0 Å². The van der Waals surface area contributed by atoms with Gasteiger partial charge in [-0.25, -0.2) is 4.39 Å². The van der Waals surface area contributed by atoms with E-state index in [0.29, 0.717) is 26.4 Å². The third kappa shape index (κ3) is 5.23. The van der Waals surface area contributed by atoms with E-state index in [4.69, 9.17) is 9.47 Å². The minimum atomic E-state index is -0.252. The summed E-state index contributed by atoms with van der Waals surface area (Å²) >= 11 is 0. The molecule has 0 saturated carbocycles. The van der Waals surface area contributed by atoms with Crippen LogP contribution in [0.3, 0.4) is 0 Å². The maximum atomic E-state index is 13.9. The summed E-state index contributed by atoms with van der Waals surface area (Å²) in [5.41, 5.74) is 3.86. The smallest absolute Gasteiger partial charge is 0.125 e. The summed E-state index contributed by atoms with van der Waals surface area (Å²) in [6.07, 6.45) is 3.54. The Morgan fingerprint density at radius 3 is 2.72 bits per heavy atom. The van der Waals surface area contributed by atoms with Gasteiger partial charge in [0.25, 0.3) is 0 Å². The monoisotopic (exact) mass is 393 g/mol. The van der Waals surface area contributed by atoms with Crippen molar-refractivity contribution in [2.75, 3.05) is 36.5 Å². The van der Waals surface area contributed by atoms with Gasteiger partial charge in [-0.05, 0) is 42.0 Å². The second kappa shape index (κ2) is 9.39. The zero-order valence-corrected chi connectivity index (χ0v) is 16.2. The second-order valence-corrected chi connectivity index (χ2v) is 6.91. The molecule has 2 aromatic carbocycles. The maximum Gasteiger partial charge on any atom is 0.125 e. The largest absolute Gasteiger partial charge is 0.489 e. The quantitative estimate of drug-likeness (QED) is 0.650. The van der Waals surface area contributed by atoms with Crippen molar-refractivity contribution in [2.45, 2.75) is 13.2 Å². The van der Waals surface area contributed by atoms with E-state index in [-0.39, 0.29) is 5.82 Å². The van der Waals surface area contributed by atoms with Crippen molar-refractivity contribution in [3.8, 4) is 5.75 Å². The van der Waals surface area contributed by atoms with Gasteiger partial charge in [0.05, 0.1) is 24.6 Å². The van der Waals surface area contributed by atoms with Gasteiger partial charge in [-0.15, -0.1) is 0 Å². The van der Waals surface area contributed by atoms with Crippen LogP contribution in [0.2, 0.25) is 0 Å². The molecule has 0 unspecified atom stereocenters. The first-order chi connectivity index (χ1) is 14.3. The van der Waals surface area contributed by atoms with Gasteiger partial charge in [-0.2, -0.15) is 0 Å². The number of nitrogens with one attached hydrogen (secondary N) is 1. The lowest BCUT2D eigenvalue weighted by Gasteiger charge is -2.30. The first kappa shape index (κ1) is 19.2. The van der Waals surface area contributed by atoms with Crippen LogP contribution in [0.4, 0.5) is 15.8 Å². The molecular formula is C23H24FN3O2. The first-order valence-corrected chi connectivity index (χ1v) is 9.75. The Morgan fingerprint density at radius 2 is 1.90 bits per heavy atom. The van der Waals surface area contributed by atoms with E-state index in [1.54, 1.807) is 18.5 Å². The molecule has 1 aliphatic heterocycles. The molecule has 6 heteroatoms. The summed E-state index contributed by atoms with van der Waals surface area (Å²) in [5.74, 6) is 0.541. The highest BCUT2D eigenvalue weighted by atomic mass is 19.1. The Bertz CT molecular complexity index is 930. The molecule has 1 N–H and O–H groups in total. The van der Waals surface area contributed by atoms with Crippen molar-refractivity contribution in [1.29, 1.82) is 0 Å². The average molecular weight is 393 g/mol. The van der Waals surface area contributed by atoms with Crippen LogP contribution in [0, 0.1) is 5.82 Å². The molecule has 0 aliphatic carbocycles. The molecule has 1 fully saturated rings.